The number of alkyl halides is 3. The maximum atomic E-state index is 15.1. The topological polar surface area (TPSA) is 45.8 Å². The molecule has 0 spiro atoms. The maximum absolute atomic E-state index is 15.1. The highest BCUT2D eigenvalue weighted by atomic mass is 32.1. The van der Waals surface area contributed by atoms with Crippen molar-refractivity contribution in [2.75, 3.05) is 18.0 Å². The molecule has 8 heteroatoms. The normalized spacial score (nSPS) is 17.2. The van der Waals surface area contributed by atoms with E-state index in [-0.39, 0.29) is 22.8 Å². The van der Waals surface area contributed by atoms with E-state index in [1.54, 1.807) is 6.07 Å². The Balaban J connectivity index is 1.37. The molecule has 0 atom stereocenters. The molecule has 0 aliphatic carbocycles. The molecular formula is C38H35F3N2O2S. The summed E-state index contributed by atoms with van der Waals surface area (Å²) in [5, 5.41) is 1.68. The lowest BCUT2D eigenvalue weighted by molar-refractivity contribution is -0.137. The molecule has 0 unspecified atom stereocenters. The average Bonchev–Trinajstić information content (AvgIpc) is 3.00. The zero-order valence-corrected chi connectivity index (χ0v) is 27.2. The molecule has 5 aromatic rings. The summed E-state index contributed by atoms with van der Waals surface area (Å²) in [6.45, 7) is 9.83. The van der Waals surface area contributed by atoms with E-state index < -0.39 is 28.3 Å². The molecular weight excluding hydrogens is 605 g/mol. The highest BCUT2D eigenvalue weighted by Crippen LogP contribution is 2.53. The molecule has 4 aromatic carbocycles. The van der Waals surface area contributed by atoms with Gasteiger partial charge in [0.2, 0.25) is 0 Å². The number of halogens is 3. The van der Waals surface area contributed by atoms with Crippen LogP contribution < -0.4 is 10.5 Å². The third kappa shape index (κ3) is 5.02. The summed E-state index contributed by atoms with van der Waals surface area (Å²) in [6.07, 6.45) is -2.18. The number of aliphatic imine (C=N–C) groups is 1. The highest BCUT2D eigenvalue weighted by molar-refractivity contribution is 7.80. The molecule has 0 radical (unpaired) electrons. The van der Waals surface area contributed by atoms with Crippen molar-refractivity contribution in [2.24, 2.45) is 4.99 Å². The molecule has 0 amide bonds. The van der Waals surface area contributed by atoms with Gasteiger partial charge in [-0.2, -0.15) is 13.2 Å². The predicted molar refractivity (Wildman–Crippen MR) is 183 cm³/mol. The highest BCUT2D eigenvalue weighted by Gasteiger charge is 2.45. The fraction of sp³-hybridized carbons (Fsp3) is 0.316. The Morgan fingerprint density at radius 3 is 2.35 bits per heavy atom. The molecule has 0 fully saturated rings. The van der Waals surface area contributed by atoms with Gasteiger partial charge in [-0.1, -0.05) is 76.2 Å². The number of anilines is 1. The van der Waals surface area contributed by atoms with Crippen LogP contribution in [0.25, 0.3) is 32.9 Å². The zero-order valence-electron chi connectivity index (χ0n) is 26.3. The number of hydrogen-bond acceptors (Lipinski definition) is 5. The Kier molecular flexibility index (Phi) is 7.16. The summed E-state index contributed by atoms with van der Waals surface area (Å²) in [5.74, 6) is 0. The monoisotopic (exact) mass is 640 g/mol. The van der Waals surface area contributed by atoms with Gasteiger partial charge in [-0.05, 0) is 63.9 Å². The molecule has 236 valence electrons. The van der Waals surface area contributed by atoms with E-state index in [0.717, 1.165) is 59.1 Å². The first-order valence-corrected chi connectivity index (χ1v) is 16.0. The third-order valence-corrected chi connectivity index (χ3v) is 10.2. The molecule has 2 aliphatic rings. The van der Waals surface area contributed by atoms with Gasteiger partial charge in [0.25, 0.3) is 0 Å². The maximum Gasteiger partial charge on any atom is 0.417 e. The van der Waals surface area contributed by atoms with Crippen molar-refractivity contribution in [1.29, 1.82) is 0 Å². The van der Waals surface area contributed by atoms with E-state index in [9.17, 15) is 4.79 Å². The minimum atomic E-state index is -4.78. The Bertz CT molecular complexity index is 2110. The van der Waals surface area contributed by atoms with Gasteiger partial charge in [0, 0.05) is 52.6 Å². The molecule has 1 aromatic heterocycles. The molecule has 0 bridgehead atoms. The molecule has 0 N–H and O–H groups in total. The summed E-state index contributed by atoms with van der Waals surface area (Å²) in [6, 6.07) is 21.4. The number of nitrogens with zero attached hydrogens (tertiary/aromatic N) is 2. The molecule has 2 aliphatic heterocycles. The first-order valence-electron chi connectivity index (χ1n) is 15.6. The van der Waals surface area contributed by atoms with Gasteiger partial charge < -0.3 is 9.32 Å². The fourth-order valence-corrected chi connectivity index (χ4v) is 7.50. The van der Waals surface area contributed by atoms with Gasteiger partial charge in [0.15, 0.2) is 0 Å². The number of fused-ring (bicyclic) bond motifs is 3. The van der Waals surface area contributed by atoms with E-state index >= 15 is 13.2 Å². The second-order valence-corrected chi connectivity index (χ2v) is 14.3. The van der Waals surface area contributed by atoms with Crippen molar-refractivity contribution in [1.82, 2.24) is 0 Å². The summed E-state index contributed by atoms with van der Waals surface area (Å²) in [7, 11) is 0. The van der Waals surface area contributed by atoms with Gasteiger partial charge in [-0.3, -0.25) is 4.99 Å². The van der Waals surface area contributed by atoms with Gasteiger partial charge in [-0.15, -0.1) is 12.6 Å². The minimum absolute atomic E-state index is 0.0464. The molecule has 46 heavy (non-hydrogen) atoms. The SMILES string of the molecule is CC1(C)CCN2CCC(C)(C)c3c2c1cc1c(C(F)(F)F)c(CC=Nc2c(S)ccc4cc(-c5ccccc5)ccc24)c(=O)oc31. The number of thiol groups is 1. The molecule has 0 saturated heterocycles. The molecule has 7 rings (SSSR count). The van der Waals surface area contributed by atoms with Gasteiger partial charge in [-0.25, -0.2) is 4.79 Å². The lowest BCUT2D eigenvalue weighted by Crippen LogP contribution is -2.45. The van der Waals surface area contributed by atoms with Crippen LogP contribution in [0.2, 0.25) is 0 Å². The number of hydrogen-bond donors (Lipinski definition) is 1. The fourth-order valence-electron chi connectivity index (χ4n) is 7.25. The summed E-state index contributed by atoms with van der Waals surface area (Å²) < 4.78 is 51.1. The molecule has 3 heterocycles. The van der Waals surface area contributed by atoms with Crippen LogP contribution in [0.4, 0.5) is 24.5 Å². The van der Waals surface area contributed by atoms with Crippen LogP contribution in [0.3, 0.4) is 0 Å². The van der Waals surface area contributed by atoms with Crippen molar-refractivity contribution in [3.05, 3.63) is 99.4 Å². The lowest BCUT2D eigenvalue weighted by atomic mass is 9.69. The largest absolute Gasteiger partial charge is 0.422 e. The van der Waals surface area contributed by atoms with E-state index in [4.69, 9.17) is 4.42 Å². The summed E-state index contributed by atoms with van der Waals surface area (Å²) in [5.41, 5.74) is 2.03. The second-order valence-electron chi connectivity index (χ2n) is 13.8. The number of rotatable bonds is 4. The smallest absolute Gasteiger partial charge is 0.417 e. The Morgan fingerprint density at radius 1 is 0.913 bits per heavy atom. The van der Waals surface area contributed by atoms with Crippen molar-refractivity contribution in [3.63, 3.8) is 0 Å². The summed E-state index contributed by atoms with van der Waals surface area (Å²) >= 11 is 4.60. The van der Waals surface area contributed by atoms with Crippen LogP contribution in [-0.2, 0) is 23.4 Å². The minimum Gasteiger partial charge on any atom is -0.422 e. The third-order valence-electron chi connectivity index (χ3n) is 9.88. The Morgan fingerprint density at radius 2 is 1.63 bits per heavy atom. The first kappa shape index (κ1) is 30.6. The van der Waals surface area contributed by atoms with Crippen LogP contribution in [0, 0.1) is 0 Å². The van der Waals surface area contributed by atoms with E-state index in [2.05, 4.69) is 36.4 Å². The standard InChI is InChI=1S/C38H35F3N2O2S/c1-36(2)15-18-43-19-16-37(3,4)31-33(43)28(36)21-27-30(38(39,40)41)26(35(44)45-34(27)31)14-17-42-32-25-12-10-23(22-8-6-5-7-9-22)20-24(25)11-13-29(32)46/h5-13,17,20-21,46H,14-16,18-19H2,1-4H3. The predicted octanol–water partition coefficient (Wildman–Crippen LogP) is 10.0. The lowest BCUT2D eigenvalue weighted by Gasteiger charge is -2.48. The Hall–Kier alpha value is -4.04. The summed E-state index contributed by atoms with van der Waals surface area (Å²) in [4.78, 5) is 20.9. The molecule has 0 saturated carbocycles. The van der Waals surface area contributed by atoms with Gasteiger partial charge >= 0.3 is 11.8 Å². The van der Waals surface area contributed by atoms with E-state index in [0.29, 0.717) is 16.1 Å². The van der Waals surface area contributed by atoms with Crippen LogP contribution in [-0.4, -0.2) is 19.3 Å². The van der Waals surface area contributed by atoms with Crippen LogP contribution in [0.5, 0.6) is 0 Å². The zero-order chi connectivity index (χ0) is 32.6. The average molecular weight is 641 g/mol. The van der Waals surface area contributed by atoms with Gasteiger partial charge in [0.1, 0.15) is 5.58 Å². The van der Waals surface area contributed by atoms with Crippen LogP contribution in [0.15, 0.2) is 85.8 Å². The van der Waals surface area contributed by atoms with Crippen LogP contribution in [0.1, 0.15) is 62.8 Å². The van der Waals surface area contributed by atoms with Crippen molar-refractivity contribution < 1.29 is 17.6 Å². The van der Waals surface area contributed by atoms with E-state index in [1.165, 1.54) is 6.21 Å². The van der Waals surface area contributed by atoms with Crippen molar-refractivity contribution in [2.45, 2.75) is 68.9 Å². The Labute approximate surface area is 271 Å². The van der Waals surface area contributed by atoms with E-state index in [1.807, 2.05) is 74.5 Å². The molecule has 4 nitrogen and oxygen atoms in total. The second kappa shape index (κ2) is 10.8. The van der Waals surface area contributed by atoms with Gasteiger partial charge in [0.05, 0.1) is 16.8 Å². The van der Waals surface area contributed by atoms with Crippen LogP contribution >= 0.6 is 12.6 Å². The van der Waals surface area contributed by atoms with Crippen molar-refractivity contribution >= 4 is 52.0 Å². The van der Waals surface area contributed by atoms with Crippen molar-refractivity contribution in [3.8, 4) is 11.1 Å². The number of benzene rings is 4. The quantitative estimate of drug-likeness (QED) is 0.121. The first-order chi connectivity index (χ1) is 21.8.